The highest BCUT2D eigenvalue weighted by atomic mass is 127. The number of rotatable bonds is 5. The fourth-order valence-electron chi connectivity index (χ4n) is 3.38. The molecule has 1 fully saturated rings. The fourth-order valence-corrected chi connectivity index (χ4v) is 3.38. The van der Waals surface area contributed by atoms with Gasteiger partial charge in [0.15, 0.2) is 17.5 Å². The van der Waals surface area contributed by atoms with E-state index < -0.39 is 0 Å². The second kappa shape index (κ2) is 11.3. The van der Waals surface area contributed by atoms with E-state index in [1.54, 1.807) is 19.2 Å². The van der Waals surface area contributed by atoms with Crippen molar-refractivity contribution >= 4 is 29.9 Å². The normalized spacial score (nSPS) is 15.0. The Morgan fingerprint density at radius 2 is 2.00 bits per heavy atom. The molecule has 0 unspecified atom stereocenters. The molecule has 1 aliphatic rings. The van der Waals surface area contributed by atoms with E-state index >= 15 is 0 Å². The highest BCUT2D eigenvalue weighted by Gasteiger charge is 2.20. The molecule has 0 bridgehead atoms. The molecule has 2 heterocycles. The predicted octanol–water partition coefficient (Wildman–Crippen LogP) is 3.05. The van der Waals surface area contributed by atoms with Crippen LogP contribution >= 0.6 is 24.0 Å². The number of guanidine groups is 1. The molecule has 0 spiro atoms. The van der Waals surface area contributed by atoms with Crippen LogP contribution in [0.2, 0.25) is 0 Å². The minimum Gasteiger partial charge on any atom is -0.494 e. The molecule has 1 aromatic heterocycles. The minimum absolute atomic E-state index is 0. The summed E-state index contributed by atoms with van der Waals surface area (Å²) >= 11 is 0. The van der Waals surface area contributed by atoms with Crippen molar-refractivity contribution in [3.63, 3.8) is 0 Å². The Kier molecular flexibility index (Phi) is 9.09. The number of piperazine rings is 1. The molecule has 29 heavy (non-hydrogen) atoms. The van der Waals surface area contributed by atoms with Gasteiger partial charge in [-0.2, -0.15) is 0 Å². The first-order valence-corrected chi connectivity index (χ1v) is 9.51. The van der Waals surface area contributed by atoms with Gasteiger partial charge in [0.1, 0.15) is 0 Å². The van der Waals surface area contributed by atoms with Crippen molar-refractivity contribution < 1.29 is 9.13 Å². The molecule has 6 nitrogen and oxygen atoms in total. The number of hydrogen-bond donors (Lipinski definition) is 1. The van der Waals surface area contributed by atoms with Gasteiger partial charge in [-0.05, 0) is 36.2 Å². The zero-order chi connectivity index (χ0) is 19.9. The molecule has 1 N–H and O–H groups in total. The monoisotopic (exact) mass is 513 g/mol. The number of aromatic nitrogens is 1. The van der Waals surface area contributed by atoms with Crippen LogP contribution in [0.1, 0.15) is 16.8 Å². The minimum atomic E-state index is -0.312. The molecule has 0 saturated carbocycles. The van der Waals surface area contributed by atoms with Crippen molar-refractivity contribution in [1.29, 1.82) is 0 Å². The molecule has 1 aliphatic heterocycles. The van der Waals surface area contributed by atoms with Gasteiger partial charge in [0.25, 0.3) is 0 Å². The van der Waals surface area contributed by atoms with Crippen LogP contribution in [-0.4, -0.2) is 61.1 Å². The fraction of sp³-hybridized carbons (Fsp3) is 0.429. The number of nitrogens with zero attached hydrogens (tertiary/aromatic N) is 4. The van der Waals surface area contributed by atoms with Crippen LogP contribution < -0.4 is 10.1 Å². The number of ether oxygens (including phenoxy) is 1. The maximum Gasteiger partial charge on any atom is 0.194 e. The summed E-state index contributed by atoms with van der Waals surface area (Å²) in [4.78, 5) is 13.4. The van der Waals surface area contributed by atoms with E-state index in [0.29, 0.717) is 6.54 Å². The first kappa shape index (κ1) is 23.3. The Labute approximate surface area is 189 Å². The SMILES string of the molecule is CN=C(NCc1ncccc1C)N1CCN(Cc2ccc(OC)c(F)c2)CC1.I. The van der Waals surface area contributed by atoms with Gasteiger partial charge in [0.05, 0.1) is 19.3 Å². The van der Waals surface area contributed by atoms with Gasteiger partial charge in [-0.25, -0.2) is 4.39 Å². The lowest BCUT2D eigenvalue weighted by molar-refractivity contribution is 0.172. The van der Waals surface area contributed by atoms with Crippen molar-refractivity contribution in [1.82, 2.24) is 20.1 Å². The average molecular weight is 513 g/mol. The Balaban J connectivity index is 0.00000300. The van der Waals surface area contributed by atoms with Crippen molar-refractivity contribution in [2.45, 2.75) is 20.0 Å². The molecular formula is C21H29FIN5O. The number of aryl methyl sites for hydroxylation is 1. The van der Waals surface area contributed by atoms with Gasteiger partial charge in [-0.15, -0.1) is 24.0 Å². The van der Waals surface area contributed by atoms with Crippen LogP contribution in [-0.2, 0) is 13.1 Å². The Morgan fingerprint density at radius 1 is 1.24 bits per heavy atom. The van der Waals surface area contributed by atoms with E-state index in [2.05, 4.69) is 38.1 Å². The number of hydrogen-bond acceptors (Lipinski definition) is 4. The molecule has 2 aromatic rings. The average Bonchev–Trinajstić information content (AvgIpc) is 2.71. The molecule has 0 atom stereocenters. The van der Waals surface area contributed by atoms with Crippen molar-refractivity contribution in [2.24, 2.45) is 4.99 Å². The van der Waals surface area contributed by atoms with E-state index in [-0.39, 0.29) is 35.5 Å². The van der Waals surface area contributed by atoms with Crippen molar-refractivity contribution in [2.75, 3.05) is 40.3 Å². The zero-order valence-corrected chi connectivity index (χ0v) is 19.5. The molecule has 0 radical (unpaired) electrons. The van der Waals surface area contributed by atoms with Gasteiger partial charge in [-0.3, -0.25) is 14.9 Å². The second-order valence-electron chi connectivity index (χ2n) is 6.90. The summed E-state index contributed by atoms with van der Waals surface area (Å²) < 4.78 is 18.9. The molecular weight excluding hydrogens is 484 g/mol. The van der Waals surface area contributed by atoms with E-state index in [9.17, 15) is 4.39 Å². The quantitative estimate of drug-likeness (QED) is 0.379. The molecule has 0 aliphatic carbocycles. The summed E-state index contributed by atoms with van der Waals surface area (Å²) in [7, 11) is 3.29. The number of pyridine rings is 1. The van der Waals surface area contributed by atoms with Crippen molar-refractivity contribution in [3.05, 3.63) is 59.2 Å². The third-order valence-corrected chi connectivity index (χ3v) is 5.04. The third kappa shape index (κ3) is 6.27. The molecule has 1 aromatic carbocycles. The highest BCUT2D eigenvalue weighted by molar-refractivity contribution is 14.0. The molecule has 8 heteroatoms. The lowest BCUT2D eigenvalue weighted by Gasteiger charge is -2.36. The number of nitrogens with one attached hydrogen (secondary N) is 1. The number of aliphatic imine (C=N–C) groups is 1. The second-order valence-corrected chi connectivity index (χ2v) is 6.90. The zero-order valence-electron chi connectivity index (χ0n) is 17.2. The van der Waals surface area contributed by atoms with E-state index in [1.807, 2.05) is 18.3 Å². The smallest absolute Gasteiger partial charge is 0.194 e. The lowest BCUT2D eigenvalue weighted by atomic mass is 10.2. The van der Waals surface area contributed by atoms with Crippen LogP contribution in [0.3, 0.4) is 0 Å². The first-order valence-electron chi connectivity index (χ1n) is 9.51. The first-order chi connectivity index (χ1) is 13.6. The van der Waals surface area contributed by atoms with Gasteiger partial charge >= 0.3 is 0 Å². The predicted molar refractivity (Wildman–Crippen MR) is 124 cm³/mol. The highest BCUT2D eigenvalue weighted by Crippen LogP contribution is 2.19. The Morgan fingerprint density at radius 3 is 2.62 bits per heavy atom. The maximum atomic E-state index is 13.9. The van der Waals surface area contributed by atoms with Crippen LogP contribution in [0.15, 0.2) is 41.5 Å². The van der Waals surface area contributed by atoms with Crippen molar-refractivity contribution in [3.8, 4) is 5.75 Å². The third-order valence-electron chi connectivity index (χ3n) is 5.04. The van der Waals surface area contributed by atoms with Crippen LogP contribution in [0.25, 0.3) is 0 Å². The summed E-state index contributed by atoms with van der Waals surface area (Å²) in [5.41, 5.74) is 3.16. The van der Waals surface area contributed by atoms with Crippen LogP contribution in [0.4, 0.5) is 4.39 Å². The maximum absolute atomic E-state index is 13.9. The summed E-state index contributed by atoms with van der Waals surface area (Å²) in [6, 6.07) is 9.17. The Bertz CT molecular complexity index is 824. The molecule has 1 saturated heterocycles. The van der Waals surface area contributed by atoms with Gasteiger partial charge in [-0.1, -0.05) is 12.1 Å². The summed E-state index contributed by atoms with van der Waals surface area (Å²) in [5.74, 6) is 0.861. The van der Waals surface area contributed by atoms with Crippen LogP contribution in [0, 0.1) is 12.7 Å². The largest absolute Gasteiger partial charge is 0.494 e. The summed E-state index contributed by atoms with van der Waals surface area (Å²) in [6.45, 7) is 7.00. The number of methoxy groups -OCH3 is 1. The lowest BCUT2D eigenvalue weighted by Crippen LogP contribution is -2.52. The number of benzene rings is 1. The van der Waals surface area contributed by atoms with E-state index in [1.165, 1.54) is 12.7 Å². The Hall–Kier alpha value is -1.94. The number of halogens is 2. The summed E-state index contributed by atoms with van der Waals surface area (Å²) in [5, 5.41) is 3.41. The van der Waals surface area contributed by atoms with E-state index in [0.717, 1.165) is 49.9 Å². The van der Waals surface area contributed by atoms with Gasteiger partial charge in [0.2, 0.25) is 0 Å². The molecule has 158 valence electrons. The summed E-state index contributed by atoms with van der Waals surface area (Å²) in [6.07, 6.45) is 1.81. The molecule has 0 amide bonds. The van der Waals surface area contributed by atoms with E-state index in [4.69, 9.17) is 4.74 Å². The van der Waals surface area contributed by atoms with Gasteiger partial charge in [0, 0.05) is 46.0 Å². The van der Waals surface area contributed by atoms with Gasteiger partial charge < -0.3 is 15.0 Å². The standard InChI is InChI=1S/C21H28FN5O.HI/c1-16-5-4-8-24-19(16)14-25-21(23-2)27-11-9-26(10-12-27)15-17-6-7-20(28-3)18(22)13-17;/h4-8,13H,9-12,14-15H2,1-3H3,(H,23,25);1H. The molecule has 3 rings (SSSR count). The van der Waals surface area contributed by atoms with Crippen LogP contribution in [0.5, 0.6) is 5.75 Å². The topological polar surface area (TPSA) is 53.0 Å².